The smallest absolute Gasteiger partial charge is 0.00955 e. The van der Waals surface area contributed by atoms with Gasteiger partial charge in [0.05, 0.1) is 0 Å². The zero-order valence-corrected chi connectivity index (χ0v) is 17.9. The van der Waals surface area contributed by atoms with E-state index in [1.165, 1.54) is 108 Å². The van der Waals surface area contributed by atoms with Gasteiger partial charge in [0.2, 0.25) is 0 Å². The van der Waals surface area contributed by atoms with E-state index >= 15 is 0 Å². The highest BCUT2D eigenvalue weighted by Gasteiger charge is 2.32. The molecule has 0 nitrogen and oxygen atoms in total. The summed E-state index contributed by atoms with van der Waals surface area (Å²) in [6, 6.07) is 4.95. The van der Waals surface area contributed by atoms with Gasteiger partial charge >= 0.3 is 0 Å². The maximum atomic E-state index is 2.49. The van der Waals surface area contributed by atoms with Crippen molar-refractivity contribution in [3.63, 3.8) is 0 Å². The Bertz CT molecular complexity index is 580. The zero-order valence-electron chi connectivity index (χ0n) is 17.9. The zero-order chi connectivity index (χ0) is 18.7. The maximum Gasteiger partial charge on any atom is 0.00955 e. The molecule has 2 aliphatic carbocycles. The van der Waals surface area contributed by atoms with Crippen molar-refractivity contribution >= 4 is 6.08 Å². The molecule has 27 heavy (non-hydrogen) atoms. The minimum Gasteiger partial charge on any atom is -0.0795 e. The highest BCUT2D eigenvalue weighted by molar-refractivity contribution is 5.67. The summed E-state index contributed by atoms with van der Waals surface area (Å²) in [5, 5.41) is 0. The van der Waals surface area contributed by atoms with Crippen molar-refractivity contribution in [2.75, 3.05) is 0 Å². The van der Waals surface area contributed by atoms with E-state index in [1.54, 1.807) is 16.7 Å². The molecule has 150 valence electrons. The van der Waals surface area contributed by atoms with Crippen LogP contribution in [0.15, 0.2) is 18.2 Å². The van der Waals surface area contributed by atoms with Gasteiger partial charge in [-0.3, -0.25) is 0 Å². The number of benzene rings is 1. The van der Waals surface area contributed by atoms with Gasteiger partial charge in [-0.1, -0.05) is 128 Å². The van der Waals surface area contributed by atoms with Crippen LogP contribution >= 0.6 is 0 Å². The molecule has 0 aromatic heterocycles. The van der Waals surface area contributed by atoms with Crippen LogP contribution in [0.2, 0.25) is 0 Å². The fraction of sp³-hybridized carbons (Fsp3) is 0.704. The van der Waals surface area contributed by atoms with E-state index in [9.17, 15) is 0 Å². The number of fused-ring (bicyclic) bond motifs is 2. The molecule has 0 aliphatic heterocycles. The predicted molar refractivity (Wildman–Crippen MR) is 121 cm³/mol. The molecule has 0 fully saturated rings. The molecule has 0 saturated heterocycles. The Balaban J connectivity index is 1.07. The fourth-order valence-electron chi connectivity index (χ4n) is 4.88. The Hall–Kier alpha value is -1.04. The third-order valence-corrected chi connectivity index (χ3v) is 6.74. The van der Waals surface area contributed by atoms with Gasteiger partial charge in [-0.05, 0) is 35.1 Å². The molecule has 0 amide bonds. The lowest BCUT2D eigenvalue weighted by Gasteiger charge is -2.03. The van der Waals surface area contributed by atoms with Crippen LogP contribution in [-0.2, 0) is 6.42 Å². The topological polar surface area (TPSA) is 0 Å². The van der Waals surface area contributed by atoms with Gasteiger partial charge in [0.1, 0.15) is 0 Å². The highest BCUT2D eigenvalue weighted by Crippen LogP contribution is 2.49. The van der Waals surface area contributed by atoms with Crippen LogP contribution in [-0.4, -0.2) is 0 Å². The van der Waals surface area contributed by atoms with E-state index in [1.807, 2.05) is 0 Å². The molecular formula is C27H42. The van der Waals surface area contributed by atoms with Crippen LogP contribution in [0.3, 0.4) is 0 Å². The summed E-state index contributed by atoms with van der Waals surface area (Å²) in [5.74, 6) is 0.825. The third-order valence-electron chi connectivity index (χ3n) is 6.74. The summed E-state index contributed by atoms with van der Waals surface area (Å²) in [6.07, 6.45) is 29.0. The number of allylic oxidation sites excluding steroid dienone is 1. The maximum absolute atomic E-state index is 2.49. The molecular weight excluding hydrogens is 324 g/mol. The molecule has 1 atom stereocenters. The summed E-state index contributed by atoms with van der Waals surface area (Å²) >= 11 is 0. The lowest BCUT2D eigenvalue weighted by atomic mass is 10.0. The minimum atomic E-state index is 0.825. The molecule has 0 saturated carbocycles. The lowest BCUT2D eigenvalue weighted by Crippen LogP contribution is -1.84. The van der Waals surface area contributed by atoms with Crippen molar-refractivity contribution in [2.45, 2.75) is 122 Å². The molecule has 1 unspecified atom stereocenters. The summed E-state index contributed by atoms with van der Waals surface area (Å²) in [6.45, 7) is 2.30. The van der Waals surface area contributed by atoms with Crippen LogP contribution in [0.4, 0.5) is 0 Å². The van der Waals surface area contributed by atoms with E-state index in [0.717, 1.165) is 12.3 Å². The Morgan fingerprint density at radius 3 is 1.78 bits per heavy atom. The molecule has 0 heteroatoms. The SMILES string of the molecule is CCCCCCCCCCCCCCCCCC1c2cc3c(cc21)CC=C3. The molecule has 3 rings (SSSR count). The minimum absolute atomic E-state index is 0.825. The van der Waals surface area contributed by atoms with Gasteiger partial charge in [0, 0.05) is 5.92 Å². The van der Waals surface area contributed by atoms with Crippen molar-refractivity contribution in [3.8, 4) is 0 Å². The first-order valence-electron chi connectivity index (χ1n) is 12.2. The Morgan fingerprint density at radius 1 is 0.667 bits per heavy atom. The Labute approximate surface area is 168 Å². The molecule has 1 aromatic rings. The molecule has 0 radical (unpaired) electrons. The van der Waals surface area contributed by atoms with Crippen molar-refractivity contribution in [2.24, 2.45) is 0 Å². The number of unbranched alkanes of at least 4 members (excludes halogenated alkanes) is 14. The average molecular weight is 367 g/mol. The van der Waals surface area contributed by atoms with Crippen molar-refractivity contribution < 1.29 is 0 Å². The molecule has 2 aliphatic rings. The molecule has 0 spiro atoms. The third kappa shape index (κ3) is 6.81. The fourth-order valence-corrected chi connectivity index (χ4v) is 4.88. The second kappa shape index (κ2) is 11.7. The van der Waals surface area contributed by atoms with Gasteiger partial charge in [0.25, 0.3) is 0 Å². The quantitative estimate of drug-likeness (QED) is 0.256. The van der Waals surface area contributed by atoms with E-state index in [4.69, 9.17) is 0 Å². The normalized spacial score (nSPS) is 16.6. The number of rotatable bonds is 16. The Kier molecular flexibility index (Phi) is 8.98. The lowest BCUT2D eigenvalue weighted by molar-refractivity contribution is 0.529. The molecule has 0 heterocycles. The average Bonchev–Trinajstić information content (AvgIpc) is 3.13. The molecule has 1 aromatic carbocycles. The number of hydrogen-bond donors (Lipinski definition) is 0. The van der Waals surface area contributed by atoms with Crippen LogP contribution in [0, 0.1) is 0 Å². The molecule has 0 bridgehead atoms. The number of hydrogen-bond acceptors (Lipinski definition) is 0. The van der Waals surface area contributed by atoms with Crippen LogP contribution in [0.1, 0.15) is 138 Å². The van der Waals surface area contributed by atoms with Crippen molar-refractivity contribution in [1.82, 2.24) is 0 Å². The summed E-state index contributed by atoms with van der Waals surface area (Å²) in [4.78, 5) is 0. The highest BCUT2D eigenvalue weighted by atomic mass is 14.4. The first-order chi connectivity index (χ1) is 13.4. The second-order valence-electron chi connectivity index (χ2n) is 9.08. The first kappa shape index (κ1) is 20.7. The van der Waals surface area contributed by atoms with Gasteiger partial charge < -0.3 is 0 Å². The van der Waals surface area contributed by atoms with Crippen LogP contribution in [0.25, 0.3) is 6.08 Å². The van der Waals surface area contributed by atoms with Crippen molar-refractivity contribution in [3.05, 3.63) is 40.5 Å². The second-order valence-corrected chi connectivity index (χ2v) is 9.08. The predicted octanol–water partition coefficient (Wildman–Crippen LogP) is 8.96. The standard InChI is InChI=1S/C27H42/c1-2-3-4-5-6-7-8-9-10-11-12-13-14-15-16-20-25-26-21-23-18-17-19-24(23)22-27(25)26/h17-18,21-22,25H,2-16,19-20H2,1H3. The van der Waals surface area contributed by atoms with Crippen LogP contribution < -0.4 is 0 Å². The summed E-state index contributed by atoms with van der Waals surface area (Å²) in [5.41, 5.74) is 6.38. The van der Waals surface area contributed by atoms with Gasteiger partial charge in [-0.15, -0.1) is 0 Å². The van der Waals surface area contributed by atoms with E-state index in [0.29, 0.717) is 0 Å². The van der Waals surface area contributed by atoms with Gasteiger partial charge in [-0.25, -0.2) is 0 Å². The Morgan fingerprint density at radius 2 is 1.19 bits per heavy atom. The van der Waals surface area contributed by atoms with Crippen molar-refractivity contribution in [1.29, 1.82) is 0 Å². The largest absolute Gasteiger partial charge is 0.0795 e. The molecule has 0 N–H and O–H groups in total. The van der Waals surface area contributed by atoms with Gasteiger partial charge in [0.15, 0.2) is 0 Å². The van der Waals surface area contributed by atoms with E-state index in [-0.39, 0.29) is 0 Å². The van der Waals surface area contributed by atoms with E-state index in [2.05, 4.69) is 31.2 Å². The van der Waals surface area contributed by atoms with Gasteiger partial charge in [-0.2, -0.15) is 0 Å². The van der Waals surface area contributed by atoms with Crippen LogP contribution in [0.5, 0.6) is 0 Å². The van der Waals surface area contributed by atoms with E-state index < -0.39 is 0 Å². The summed E-state index contributed by atoms with van der Waals surface area (Å²) in [7, 11) is 0. The first-order valence-corrected chi connectivity index (χ1v) is 12.2. The summed E-state index contributed by atoms with van der Waals surface area (Å²) < 4.78 is 0. The monoisotopic (exact) mass is 366 g/mol.